The molecule has 1 aromatic carbocycles. The van der Waals surface area contributed by atoms with E-state index in [1.54, 1.807) is 18.2 Å². The average Bonchev–Trinajstić information content (AvgIpc) is 2.51. The molecule has 0 radical (unpaired) electrons. The van der Waals surface area contributed by atoms with Crippen LogP contribution in [0.15, 0.2) is 18.2 Å². The number of hydrogen-bond donors (Lipinski definition) is 3. The van der Waals surface area contributed by atoms with Crippen LogP contribution < -0.4 is 16.0 Å². The van der Waals surface area contributed by atoms with Crippen molar-refractivity contribution < 1.29 is 14.4 Å². The second-order valence-electron chi connectivity index (χ2n) is 8.20. The van der Waals surface area contributed by atoms with Gasteiger partial charge in [0.2, 0.25) is 11.8 Å². The number of carbonyl (C=O) groups excluding carboxylic acids is 3. The fraction of sp³-hybridized carbons (Fsp3) is 0.571. The van der Waals surface area contributed by atoms with E-state index in [-0.39, 0.29) is 23.8 Å². The predicted molar refractivity (Wildman–Crippen MR) is 111 cm³/mol. The first kappa shape index (κ1) is 21.9. The van der Waals surface area contributed by atoms with E-state index in [2.05, 4.69) is 34.7 Å². The molecule has 1 saturated heterocycles. The van der Waals surface area contributed by atoms with Crippen molar-refractivity contribution in [3.8, 4) is 0 Å². The van der Waals surface area contributed by atoms with Crippen LogP contribution in [0.5, 0.6) is 0 Å². The molecule has 1 aliphatic heterocycles. The monoisotopic (exact) mass is 388 g/mol. The Hall–Kier alpha value is -2.41. The van der Waals surface area contributed by atoms with Crippen molar-refractivity contribution in [1.82, 2.24) is 10.2 Å². The van der Waals surface area contributed by atoms with E-state index in [0.717, 1.165) is 19.6 Å². The minimum absolute atomic E-state index is 0.0151. The van der Waals surface area contributed by atoms with Crippen molar-refractivity contribution in [3.63, 3.8) is 0 Å². The average molecular weight is 389 g/mol. The maximum Gasteiger partial charge on any atom is 0.251 e. The first-order valence-corrected chi connectivity index (χ1v) is 9.86. The van der Waals surface area contributed by atoms with Gasteiger partial charge in [-0.3, -0.25) is 14.4 Å². The quantitative estimate of drug-likeness (QED) is 0.699. The summed E-state index contributed by atoms with van der Waals surface area (Å²) in [4.78, 5) is 37.9. The lowest BCUT2D eigenvalue weighted by Crippen LogP contribution is -2.47. The van der Waals surface area contributed by atoms with Crippen LogP contribution in [-0.4, -0.2) is 48.3 Å². The van der Waals surface area contributed by atoms with E-state index < -0.39 is 0 Å². The number of nitrogens with zero attached hydrogens (tertiary/aromatic N) is 1. The third-order valence-corrected chi connectivity index (χ3v) is 4.69. The molecule has 3 unspecified atom stereocenters. The van der Waals surface area contributed by atoms with Gasteiger partial charge in [0.05, 0.1) is 0 Å². The van der Waals surface area contributed by atoms with Crippen LogP contribution in [0.25, 0.3) is 0 Å². The Morgan fingerprint density at radius 2 is 1.50 bits per heavy atom. The molecule has 1 fully saturated rings. The summed E-state index contributed by atoms with van der Waals surface area (Å²) in [6, 6.07) is 4.83. The number of benzene rings is 1. The van der Waals surface area contributed by atoms with Gasteiger partial charge in [0.1, 0.15) is 0 Å². The molecule has 0 bridgehead atoms. The van der Waals surface area contributed by atoms with Gasteiger partial charge in [-0.1, -0.05) is 13.8 Å². The molecule has 2 rings (SSSR count). The molecule has 1 aromatic rings. The molecule has 7 nitrogen and oxygen atoms in total. The molecule has 0 aromatic heterocycles. The van der Waals surface area contributed by atoms with E-state index >= 15 is 0 Å². The molecule has 0 aliphatic carbocycles. The number of piperidine rings is 1. The Labute approximate surface area is 167 Å². The highest BCUT2D eigenvalue weighted by Crippen LogP contribution is 2.22. The van der Waals surface area contributed by atoms with Gasteiger partial charge in [0, 0.05) is 56.5 Å². The maximum atomic E-state index is 12.7. The molecule has 7 heteroatoms. The van der Waals surface area contributed by atoms with Gasteiger partial charge in [0.25, 0.3) is 5.91 Å². The van der Waals surface area contributed by atoms with Crippen molar-refractivity contribution >= 4 is 29.1 Å². The van der Waals surface area contributed by atoms with E-state index in [9.17, 15) is 14.4 Å². The fourth-order valence-corrected chi connectivity index (χ4v) is 3.99. The molecule has 1 aliphatic rings. The fourth-order valence-electron chi connectivity index (χ4n) is 3.99. The summed E-state index contributed by atoms with van der Waals surface area (Å²) in [5, 5.41) is 8.36. The second-order valence-corrected chi connectivity index (χ2v) is 8.20. The van der Waals surface area contributed by atoms with Crippen molar-refractivity contribution in [2.45, 2.75) is 47.1 Å². The molecule has 1 heterocycles. The first-order valence-electron chi connectivity index (χ1n) is 9.86. The second kappa shape index (κ2) is 9.68. The SMILES string of the molecule is CC(=O)Nc1cc(NC(C)=O)cc(C(=O)NC(C)CN2CC(C)CC(C)C2)c1. The van der Waals surface area contributed by atoms with E-state index in [0.29, 0.717) is 28.8 Å². The Morgan fingerprint density at radius 1 is 1.00 bits per heavy atom. The summed E-state index contributed by atoms with van der Waals surface area (Å²) in [6.07, 6.45) is 1.25. The van der Waals surface area contributed by atoms with Crippen LogP contribution in [-0.2, 0) is 9.59 Å². The van der Waals surface area contributed by atoms with Gasteiger partial charge in [-0.25, -0.2) is 0 Å². The number of amides is 3. The van der Waals surface area contributed by atoms with Gasteiger partial charge in [0.15, 0.2) is 0 Å². The number of carbonyl (C=O) groups is 3. The molecule has 0 spiro atoms. The van der Waals surface area contributed by atoms with Crippen molar-refractivity contribution in [2.75, 3.05) is 30.3 Å². The lowest BCUT2D eigenvalue weighted by Gasteiger charge is -2.36. The Morgan fingerprint density at radius 3 is 1.96 bits per heavy atom. The summed E-state index contributed by atoms with van der Waals surface area (Å²) in [5.41, 5.74) is 1.33. The first-order chi connectivity index (χ1) is 13.1. The number of rotatable bonds is 6. The van der Waals surface area contributed by atoms with Gasteiger partial charge in [-0.05, 0) is 43.4 Å². The largest absolute Gasteiger partial charge is 0.348 e. The molecule has 3 amide bonds. The standard InChI is InChI=1S/C21H32N4O3/c1-13-6-14(2)11-25(10-13)12-15(3)22-21(28)18-7-19(23-16(4)26)9-20(8-18)24-17(5)27/h7-9,13-15H,6,10-12H2,1-5H3,(H,22,28)(H,23,26)(H,24,27). The molecule has 3 atom stereocenters. The maximum absolute atomic E-state index is 12.7. The predicted octanol–water partition coefficient (Wildman–Crippen LogP) is 2.70. The third kappa shape index (κ3) is 6.96. The number of nitrogens with one attached hydrogen (secondary N) is 3. The zero-order chi connectivity index (χ0) is 20.8. The summed E-state index contributed by atoms with van der Waals surface area (Å²) in [5.74, 6) is 0.618. The van der Waals surface area contributed by atoms with Gasteiger partial charge in [-0.2, -0.15) is 0 Å². The minimum atomic E-state index is -0.243. The summed E-state index contributed by atoms with van der Waals surface area (Å²) in [6.45, 7) is 12.2. The van der Waals surface area contributed by atoms with Crippen LogP contribution in [0.1, 0.15) is 51.4 Å². The zero-order valence-electron chi connectivity index (χ0n) is 17.5. The normalized spacial score (nSPS) is 20.9. The lowest BCUT2D eigenvalue weighted by molar-refractivity contribution is -0.115. The topological polar surface area (TPSA) is 90.5 Å². The summed E-state index contributed by atoms with van der Waals surface area (Å²) >= 11 is 0. The summed E-state index contributed by atoms with van der Waals surface area (Å²) in [7, 11) is 0. The Bertz CT molecular complexity index is 690. The molecule has 154 valence electrons. The van der Waals surface area contributed by atoms with Crippen molar-refractivity contribution in [1.29, 1.82) is 0 Å². The molecular weight excluding hydrogens is 356 g/mol. The zero-order valence-corrected chi connectivity index (χ0v) is 17.5. The molecular formula is C21H32N4O3. The number of anilines is 2. The van der Waals surface area contributed by atoms with E-state index in [4.69, 9.17) is 0 Å². The third-order valence-electron chi connectivity index (χ3n) is 4.69. The molecule has 3 N–H and O–H groups in total. The van der Waals surface area contributed by atoms with E-state index in [1.165, 1.54) is 20.3 Å². The summed E-state index contributed by atoms with van der Waals surface area (Å²) < 4.78 is 0. The van der Waals surface area contributed by atoms with Crippen LogP contribution >= 0.6 is 0 Å². The number of hydrogen-bond acceptors (Lipinski definition) is 4. The van der Waals surface area contributed by atoms with Crippen LogP contribution in [0.3, 0.4) is 0 Å². The number of likely N-dealkylation sites (tertiary alicyclic amines) is 1. The molecule has 28 heavy (non-hydrogen) atoms. The highest BCUT2D eigenvalue weighted by Gasteiger charge is 2.23. The van der Waals surface area contributed by atoms with Crippen LogP contribution in [0.2, 0.25) is 0 Å². The Kier molecular flexibility index (Phi) is 7.57. The minimum Gasteiger partial charge on any atom is -0.348 e. The van der Waals surface area contributed by atoms with Crippen molar-refractivity contribution in [3.05, 3.63) is 23.8 Å². The smallest absolute Gasteiger partial charge is 0.251 e. The molecule has 0 saturated carbocycles. The van der Waals surface area contributed by atoms with Crippen molar-refractivity contribution in [2.24, 2.45) is 11.8 Å². The lowest BCUT2D eigenvalue weighted by atomic mass is 9.92. The van der Waals surface area contributed by atoms with Crippen LogP contribution in [0, 0.1) is 11.8 Å². The Balaban J connectivity index is 2.06. The highest BCUT2D eigenvalue weighted by atomic mass is 16.2. The highest BCUT2D eigenvalue weighted by molar-refractivity contribution is 6.00. The van der Waals surface area contributed by atoms with Crippen LogP contribution in [0.4, 0.5) is 11.4 Å². The van der Waals surface area contributed by atoms with Gasteiger partial charge >= 0.3 is 0 Å². The van der Waals surface area contributed by atoms with Gasteiger partial charge < -0.3 is 20.9 Å². The van der Waals surface area contributed by atoms with Gasteiger partial charge in [-0.15, -0.1) is 0 Å². The van der Waals surface area contributed by atoms with E-state index in [1.807, 2.05) is 6.92 Å².